The Kier molecular flexibility index (Phi) is 3.29. The summed E-state index contributed by atoms with van der Waals surface area (Å²) in [6.07, 6.45) is 5.03. The van der Waals surface area contributed by atoms with Gasteiger partial charge < -0.3 is 0 Å². The Morgan fingerprint density at radius 3 is 2.41 bits per heavy atom. The normalized spacial score (nSPS) is 16.3. The van der Waals surface area contributed by atoms with Gasteiger partial charge in [0.15, 0.2) is 0 Å². The number of nitrogens with zero attached hydrogens (tertiary/aromatic N) is 1. The molecule has 1 saturated carbocycles. The molecule has 0 amide bonds. The SMILES string of the molecule is CCCc1cc(C(C)(C)C)c(C2CC2)nc1C. The second-order valence-electron chi connectivity index (χ2n) is 6.44. The second-order valence-corrected chi connectivity index (χ2v) is 6.44. The highest BCUT2D eigenvalue weighted by Crippen LogP contribution is 2.43. The van der Waals surface area contributed by atoms with Crippen LogP contribution in [-0.2, 0) is 11.8 Å². The van der Waals surface area contributed by atoms with E-state index in [1.807, 2.05) is 0 Å². The maximum absolute atomic E-state index is 4.92. The van der Waals surface area contributed by atoms with Crippen LogP contribution in [0.4, 0.5) is 0 Å². The monoisotopic (exact) mass is 231 g/mol. The minimum absolute atomic E-state index is 0.223. The van der Waals surface area contributed by atoms with Crippen molar-refractivity contribution in [1.82, 2.24) is 4.98 Å². The Hall–Kier alpha value is -0.850. The second kappa shape index (κ2) is 4.44. The third-order valence-corrected chi connectivity index (χ3v) is 3.64. The first-order valence-corrected chi connectivity index (χ1v) is 6.94. The number of pyridine rings is 1. The zero-order valence-electron chi connectivity index (χ0n) is 11.9. The average Bonchev–Trinajstić information content (AvgIpc) is 3.02. The van der Waals surface area contributed by atoms with Gasteiger partial charge >= 0.3 is 0 Å². The van der Waals surface area contributed by atoms with Gasteiger partial charge in [0.2, 0.25) is 0 Å². The molecule has 1 heterocycles. The molecule has 0 atom stereocenters. The van der Waals surface area contributed by atoms with E-state index in [1.54, 1.807) is 0 Å². The maximum atomic E-state index is 4.92. The maximum Gasteiger partial charge on any atom is 0.0475 e. The van der Waals surface area contributed by atoms with Crippen LogP contribution < -0.4 is 0 Å². The van der Waals surface area contributed by atoms with Crippen molar-refractivity contribution in [1.29, 1.82) is 0 Å². The van der Waals surface area contributed by atoms with Gasteiger partial charge in [0.05, 0.1) is 0 Å². The molecule has 17 heavy (non-hydrogen) atoms. The van der Waals surface area contributed by atoms with Crippen LogP contribution in [0.5, 0.6) is 0 Å². The molecule has 0 aliphatic heterocycles. The van der Waals surface area contributed by atoms with E-state index in [1.165, 1.54) is 41.8 Å². The lowest BCUT2D eigenvalue weighted by Crippen LogP contribution is -2.17. The lowest BCUT2D eigenvalue weighted by molar-refractivity contribution is 0.575. The topological polar surface area (TPSA) is 12.9 Å². The lowest BCUT2D eigenvalue weighted by atomic mass is 9.83. The molecule has 1 aliphatic rings. The molecule has 1 heteroatoms. The molecule has 0 bridgehead atoms. The van der Waals surface area contributed by atoms with Gasteiger partial charge in [0.1, 0.15) is 0 Å². The molecule has 0 unspecified atom stereocenters. The van der Waals surface area contributed by atoms with Crippen molar-refractivity contribution >= 4 is 0 Å². The summed E-state index contributed by atoms with van der Waals surface area (Å²) in [6, 6.07) is 2.43. The minimum atomic E-state index is 0.223. The van der Waals surface area contributed by atoms with E-state index < -0.39 is 0 Å². The summed E-state index contributed by atoms with van der Waals surface area (Å²) in [5, 5.41) is 0. The summed E-state index contributed by atoms with van der Waals surface area (Å²) in [5.41, 5.74) is 5.79. The Morgan fingerprint density at radius 1 is 1.29 bits per heavy atom. The predicted octanol–water partition coefficient (Wildman–Crippen LogP) is 4.52. The number of hydrogen-bond acceptors (Lipinski definition) is 1. The standard InChI is InChI=1S/C16H25N/c1-6-7-13-10-14(16(3,4)5)15(12-8-9-12)17-11(13)2/h10,12H,6-9H2,1-5H3. The van der Waals surface area contributed by atoms with E-state index in [-0.39, 0.29) is 5.41 Å². The quantitative estimate of drug-likeness (QED) is 0.745. The van der Waals surface area contributed by atoms with E-state index in [0.29, 0.717) is 0 Å². The highest BCUT2D eigenvalue weighted by molar-refractivity contribution is 5.38. The van der Waals surface area contributed by atoms with E-state index >= 15 is 0 Å². The highest BCUT2D eigenvalue weighted by Gasteiger charge is 2.31. The molecule has 0 spiro atoms. The molecule has 1 nitrogen and oxygen atoms in total. The van der Waals surface area contributed by atoms with Crippen LogP contribution in [-0.4, -0.2) is 4.98 Å². The lowest BCUT2D eigenvalue weighted by Gasteiger charge is -2.24. The molecule has 2 rings (SSSR count). The van der Waals surface area contributed by atoms with Crippen LogP contribution >= 0.6 is 0 Å². The third-order valence-electron chi connectivity index (χ3n) is 3.64. The van der Waals surface area contributed by atoms with Crippen LogP contribution in [0.1, 0.15) is 75.4 Å². The molecule has 0 aromatic carbocycles. The fraction of sp³-hybridized carbons (Fsp3) is 0.688. The van der Waals surface area contributed by atoms with Crippen molar-refractivity contribution in [2.24, 2.45) is 0 Å². The van der Waals surface area contributed by atoms with Crippen LogP contribution in [0, 0.1) is 6.92 Å². The summed E-state index contributed by atoms with van der Waals surface area (Å²) in [4.78, 5) is 4.92. The molecular formula is C16H25N. The fourth-order valence-corrected chi connectivity index (χ4v) is 2.46. The van der Waals surface area contributed by atoms with Gasteiger partial charge in [0.25, 0.3) is 0 Å². The Balaban J connectivity index is 2.48. The van der Waals surface area contributed by atoms with Crippen LogP contribution in [0.25, 0.3) is 0 Å². The molecule has 1 fully saturated rings. The minimum Gasteiger partial charge on any atom is -0.257 e. The van der Waals surface area contributed by atoms with Crippen molar-refractivity contribution in [3.05, 3.63) is 28.6 Å². The fourth-order valence-electron chi connectivity index (χ4n) is 2.46. The van der Waals surface area contributed by atoms with Crippen LogP contribution in [0.2, 0.25) is 0 Å². The molecule has 0 radical (unpaired) electrons. The zero-order valence-corrected chi connectivity index (χ0v) is 11.9. The van der Waals surface area contributed by atoms with Gasteiger partial charge in [-0.05, 0) is 42.7 Å². The Morgan fingerprint density at radius 2 is 1.94 bits per heavy atom. The Labute approximate surface area is 106 Å². The van der Waals surface area contributed by atoms with Crippen molar-refractivity contribution < 1.29 is 0 Å². The predicted molar refractivity (Wildman–Crippen MR) is 73.6 cm³/mol. The number of hydrogen-bond donors (Lipinski definition) is 0. The molecule has 0 N–H and O–H groups in total. The van der Waals surface area contributed by atoms with Gasteiger partial charge in [-0.1, -0.05) is 40.2 Å². The molecule has 1 aliphatic carbocycles. The van der Waals surface area contributed by atoms with Crippen LogP contribution in [0.3, 0.4) is 0 Å². The summed E-state index contributed by atoms with van der Waals surface area (Å²) in [7, 11) is 0. The zero-order chi connectivity index (χ0) is 12.6. The molecule has 0 saturated heterocycles. The average molecular weight is 231 g/mol. The summed E-state index contributed by atoms with van der Waals surface area (Å²) in [5.74, 6) is 0.749. The van der Waals surface area contributed by atoms with E-state index in [0.717, 1.165) is 12.3 Å². The molecule has 1 aromatic rings. The van der Waals surface area contributed by atoms with Crippen molar-refractivity contribution in [3.63, 3.8) is 0 Å². The summed E-state index contributed by atoms with van der Waals surface area (Å²) in [6.45, 7) is 11.3. The highest BCUT2D eigenvalue weighted by atomic mass is 14.7. The first-order valence-electron chi connectivity index (χ1n) is 6.94. The molecular weight excluding hydrogens is 206 g/mol. The Bertz CT molecular complexity index is 408. The van der Waals surface area contributed by atoms with E-state index in [9.17, 15) is 0 Å². The number of rotatable bonds is 3. The van der Waals surface area contributed by atoms with E-state index in [2.05, 4.69) is 40.7 Å². The molecule has 94 valence electrons. The summed E-state index contributed by atoms with van der Waals surface area (Å²) < 4.78 is 0. The van der Waals surface area contributed by atoms with E-state index in [4.69, 9.17) is 4.98 Å². The van der Waals surface area contributed by atoms with Crippen molar-refractivity contribution in [3.8, 4) is 0 Å². The van der Waals surface area contributed by atoms with Crippen molar-refractivity contribution in [2.45, 2.75) is 71.6 Å². The van der Waals surface area contributed by atoms with Gasteiger partial charge in [-0.25, -0.2) is 0 Å². The first-order chi connectivity index (χ1) is 7.93. The van der Waals surface area contributed by atoms with Gasteiger partial charge in [0, 0.05) is 17.3 Å². The van der Waals surface area contributed by atoms with Gasteiger partial charge in [-0.3, -0.25) is 4.98 Å². The third kappa shape index (κ3) is 2.70. The van der Waals surface area contributed by atoms with Crippen LogP contribution in [0.15, 0.2) is 6.07 Å². The first kappa shape index (κ1) is 12.6. The van der Waals surface area contributed by atoms with Gasteiger partial charge in [-0.2, -0.15) is 0 Å². The number of aromatic nitrogens is 1. The number of aryl methyl sites for hydroxylation is 2. The van der Waals surface area contributed by atoms with Crippen molar-refractivity contribution in [2.75, 3.05) is 0 Å². The van der Waals surface area contributed by atoms with Gasteiger partial charge in [-0.15, -0.1) is 0 Å². The molecule has 1 aromatic heterocycles. The summed E-state index contributed by atoms with van der Waals surface area (Å²) >= 11 is 0. The largest absolute Gasteiger partial charge is 0.257 e. The smallest absolute Gasteiger partial charge is 0.0475 e.